The van der Waals surface area contributed by atoms with Crippen molar-refractivity contribution in [3.8, 4) is 23.0 Å². The topological polar surface area (TPSA) is 100 Å². The van der Waals surface area contributed by atoms with Crippen molar-refractivity contribution in [2.75, 3.05) is 0 Å². The molecule has 0 atom stereocenters. The molecule has 0 fully saturated rings. The third-order valence-electron chi connectivity index (χ3n) is 9.05. The van der Waals surface area contributed by atoms with Gasteiger partial charge >= 0.3 is 0 Å². The first-order valence-electron chi connectivity index (χ1n) is 15.4. The first kappa shape index (κ1) is 25.6. The molecule has 0 aliphatic heterocycles. The number of hydrogen-bond acceptors (Lipinski definition) is 6. The van der Waals surface area contributed by atoms with Crippen molar-refractivity contribution in [1.29, 1.82) is 0 Å². The number of benzene rings is 5. The number of nitrogens with zero attached hydrogens (tertiary/aromatic N) is 11. The first-order valence-corrected chi connectivity index (χ1v) is 15.7. The maximum atomic E-state index is 6.40. The molecule has 48 heavy (non-hydrogen) atoms. The van der Waals surface area contributed by atoms with E-state index in [0.717, 1.165) is 54.7 Å². The average molecular weight is 642 g/mol. The molecule has 0 bridgehead atoms. The normalized spacial score (nSPS) is 12.3. The Bertz CT molecular complexity index is 3040. The van der Waals surface area contributed by atoms with Gasteiger partial charge in [-0.3, -0.25) is 9.13 Å². The number of halogens is 1. The van der Waals surface area contributed by atoms with E-state index in [4.69, 9.17) is 31.8 Å². The Kier molecular flexibility index (Phi) is 4.93. The first-order chi connectivity index (χ1) is 23.7. The fraction of sp³-hybridized carbons (Fsp3) is 0. The van der Waals surface area contributed by atoms with Gasteiger partial charge in [-0.25, -0.2) is 0 Å². The van der Waals surface area contributed by atoms with Crippen LogP contribution in [0.5, 0.6) is 0 Å². The van der Waals surface area contributed by atoms with Gasteiger partial charge in [0.2, 0.25) is 5.28 Å². The average Bonchev–Trinajstić information content (AvgIpc) is 3.95. The standard InChI is InChI=1S/C36H20ClN11/c37-31-38-34-46(41-31)35-39-33(45-29-17-9-6-14-25(29)26-20-22(18-19-30(26)45)21-10-2-1-3-11-21)43-48(35)36-40-32(42-47(34)36)44-27-15-7-4-12-23(27)24-13-5-8-16-28(24)44/h1-20H. The predicted molar refractivity (Wildman–Crippen MR) is 185 cm³/mol. The summed E-state index contributed by atoms with van der Waals surface area (Å²) >= 11 is 6.40. The number of fused-ring (bicyclic) bond motifs is 12. The van der Waals surface area contributed by atoms with Gasteiger partial charge in [-0.05, 0) is 53.1 Å². The molecule has 0 saturated heterocycles. The van der Waals surface area contributed by atoms with Crippen molar-refractivity contribution in [2.24, 2.45) is 0 Å². The fourth-order valence-electron chi connectivity index (χ4n) is 7.01. The van der Waals surface area contributed by atoms with Crippen molar-refractivity contribution < 1.29 is 0 Å². The maximum absolute atomic E-state index is 6.40. The Balaban J connectivity index is 1.20. The van der Waals surface area contributed by atoms with E-state index >= 15 is 0 Å². The Morgan fingerprint density at radius 1 is 0.396 bits per heavy atom. The Morgan fingerprint density at radius 3 is 1.44 bits per heavy atom. The van der Waals surface area contributed by atoms with Gasteiger partial charge in [0.25, 0.3) is 29.2 Å². The predicted octanol–water partition coefficient (Wildman–Crippen LogP) is 7.33. The van der Waals surface area contributed by atoms with Gasteiger partial charge in [-0.2, -0.15) is 28.5 Å². The molecule has 6 heterocycles. The lowest BCUT2D eigenvalue weighted by Gasteiger charge is -2.04. The summed E-state index contributed by atoms with van der Waals surface area (Å²) in [5.41, 5.74) is 6.21. The van der Waals surface area contributed by atoms with Crippen molar-refractivity contribution in [2.45, 2.75) is 0 Å². The van der Waals surface area contributed by atoms with E-state index in [1.54, 1.807) is 13.5 Å². The van der Waals surface area contributed by atoms with E-state index in [0.29, 0.717) is 29.2 Å². The lowest BCUT2D eigenvalue weighted by Crippen LogP contribution is -2.06. The summed E-state index contributed by atoms with van der Waals surface area (Å²) in [7, 11) is 0. The Morgan fingerprint density at radius 2 is 0.854 bits per heavy atom. The van der Waals surface area contributed by atoms with E-state index in [1.807, 2.05) is 41.0 Å². The molecule has 5 aromatic carbocycles. The second kappa shape index (κ2) is 9.24. The number of aromatic nitrogens is 11. The van der Waals surface area contributed by atoms with Crippen LogP contribution >= 0.6 is 11.6 Å². The van der Waals surface area contributed by atoms with Gasteiger partial charge in [-0.1, -0.05) is 91.0 Å². The monoisotopic (exact) mass is 641 g/mol. The molecule has 0 N–H and O–H groups in total. The third kappa shape index (κ3) is 3.37. The van der Waals surface area contributed by atoms with Crippen LogP contribution in [-0.2, 0) is 0 Å². The van der Waals surface area contributed by atoms with Crippen molar-refractivity contribution >= 4 is 72.5 Å². The quantitative estimate of drug-likeness (QED) is 0.200. The molecule has 6 aromatic heterocycles. The van der Waals surface area contributed by atoms with Gasteiger partial charge in [-0.15, -0.1) is 15.3 Å². The summed E-state index contributed by atoms with van der Waals surface area (Å²) in [5, 5.41) is 18.9. The molecule has 0 amide bonds. The molecule has 0 aliphatic carbocycles. The van der Waals surface area contributed by atoms with Gasteiger partial charge in [0.05, 0.1) is 22.1 Å². The van der Waals surface area contributed by atoms with E-state index in [-0.39, 0.29) is 5.28 Å². The van der Waals surface area contributed by atoms with E-state index in [2.05, 4.69) is 99.6 Å². The maximum Gasteiger partial charge on any atom is 0.261 e. The van der Waals surface area contributed by atoms with E-state index < -0.39 is 0 Å². The van der Waals surface area contributed by atoms with Crippen molar-refractivity contribution in [1.82, 2.24) is 52.9 Å². The minimum Gasteiger partial charge on any atom is -0.277 e. The van der Waals surface area contributed by atoms with Crippen molar-refractivity contribution in [3.05, 3.63) is 127 Å². The highest BCUT2D eigenvalue weighted by Gasteiger charge is 2.24. The van der Waals surface area contributed by atoms with Crippen LogP contribution in [0.15, 0.2) is 121 Å². The van der Waals surface area contributed by atoms with Crippen LogP contribution in [0.25, 0.3) is 84.0 Å². The number of rotatable bonds is 3. The van der Waals surface area contributed by atoms with Crippen LogP contribution in [0.4, 0.5) is 0 Å². The van der Waals surface area contributed by atoms with Crippen molar-refractivity contribution in [3.63, 3.8) is 0 Å². The van der Waals surface area contributed by atoms with E-state index in [9.17, 15) is 0 Å². The third-order valence-corrected chi connectivity index (χ3v) is 9.21. The van der Waals surface area contributed by atoms with Gasteiger partial charge in [0.1, 0.15) is 0 Å². The number of hydrogen-bond donors (Lipinski definition) is 0. The smallest absolute Gasteiger partial charge is 0.261 e. The van der Waals surface area contributed by atoms with Crippen LogP contribution in [0.2, 0.25) is 5.28 Å². The second-order valence-corrected chi connectivity index (χ2v) is 12.0. The fourth-order valence-corrected chi connectivity index (χ4v) is 7.16. The second-order valence-electron chi connectivity index (χ2n) is 11.7. The Labute approximate surface area is 274 Å². The van der Waals surface area contributed by atoms with Gasteiger partial charge in [0, 0.05) is 21.5 Å². The lowest BCUT2D eigenvalue weighted by atomic mass is 10.0. The van der Waals surface area contributed by atoms with Crippen LogP contribution in [0.1, 0.15) is 0 Å². The molecule has 11 aromatic rings. The molecular weight excluding hydrogens is 622 g/mol. The Hall–Kier alpha value is -6.59. The SMILES string of the molecule is Clc1nc2n(n1)c1nc(-n3c4ccccc4c4cc(-c5ccccc5)ccc43)nn1c1nc(-n3c4ccccc4c4ccccc43)nn21. The minimum atomic E-state index is 0.0631. The van der Waals surface area contributed by atoms with Crippen LogP contribution < -0.4 is 0 Å². The molecular formula is C36H20ClN11. The molecule has 0 aliphatic rings. The zero-order valence-electron chi connectivity index (χ0n) is 24.8. The molecule has 11 nitrogen and oxygen atoms in total. The molecule has 12 heteroatoms. The van der Waals surface area contributed by atoms with Crippen LogP contribution in [-0.4, -0.2) is 52.9 Å². The molecule has 0 radical (unpaired) electrons. The summed E-state index contributed by atoms with van der Waals surface area (Å²) < 4.78 is 8.93. The summed E-state index contributed by atoms with van der Waals surface area (Å²) in [6.45, 7) is 0. The largest absolute Gasteiger partial charge is 0.277 e. The molecule has 226 valence electrons. The van der Waals surface area contributed by atoms with Crippen LogP contribution in [0.3, 0.4) is 0 Å². The number of para-hydroxylation sites is 3. The molecule has 11 rings (SSSR count). The lowest BCUT2D eigenvalue weighted by molar-refractivity contribution is 0.809. The van der Waals surface area contributed by atoms with E-state index in [1.165, 1.54) is 0 Å². The summed E-state index contributed by atoms with van der Waals surface area (Å²) in [5.74, 6) is 2.11. The van der Waals surface area contributed by atoms with Crippen LogP contribution in [0, 0.1) is 0 Å². The zero-order valence-corrected chi connectivity index (χ0v) is 25.6. The van der Waals surface area contributed by atoms with Gasteiger partial charge in [0.15, 0.2) is 0 Å². The minimum absolute atomic E-state index is 0.0631. The molecule has 0 unspecified atom stereocenters. The summed E-state index contributed by atoms with van der Waals surface area (Å²) in [6, 6.07) is 41.6. The molecule has 0 saturated carbocycles. The molecule has 0 spiro atoms. The highest BCUT2D eigenvalue weighted by molar-refractivity contribution is 6.28. The zero-order chi connectivity index (χ0) is 31.5. The summed E-state index contributed by atoms with van der Waals surface area (Å²) in [6.07, 6.45) is 0. The highest BCUT2D eigenvalue weighted by atomic mass is 35.5. The van der Waals surface area contributed by atoms with Gasteiger partial charge < -0.3 is 0 Å². The highest BCUT2D eigenvalue weighted by Crippen LogP contribution is 2.35. The summed E-state index contributed by atoms with van der Waals surface area (Å²) in [4.78, 5) is 14.6.